The van der Waals surface area contributed by atoms with Crippen molar-refractivity contribution < 1.29 is 9.00 Å². The second kappa shape index (κ2) is 8.59. The van der Waals surface area contributed by atoms with Crippen molar-refractivity contribution in [1.82, 2.24) is 4.98 Å². The summed E-state index contributed by atoms with van der Waals surface area (Å²) < 4.78 is 11.4. The Morgan fingerprint density at radius 1 is 1.15 bits per heavy atom. The predicted molar refractivity (Wildman–Crippen MR) is 114 cm³/mol. The van der Waals surface area contributed by atoms with Crippen molar-refractivity contribution >= 4 is 33.2 Å². The summed E-state index contributed by atoms with van der Waals surface area (Å²) in [5, 5.41) is 3.51. The number of carbonyl (C=O) groups is 1. The summed E-state index contributed by atoms with van der Waals surface area (Å²) in [6, 6.07) is 17.2. The summed E-state index contributed by atoms with van der Waals surface area (Å²) >= 11 is 1.51. The normalized spacial score (nSPS) is 12.1. The van der Waals surface area contributed by atoms with Crippen molar-refractivity contribution in [2.45, 2.75) is 25.5 Å². The molecule has 0 bridgehead atoms. The van der Waals surface area contributed by atoms with Gasteiger partial charge in [0.15, 0.2) is 5.13 Å². The van der Waals surface area contributed by atoms with E-state index >= 15 is 0 Å². The topological polar surface area (TPSA) is 59.1 Å². The van der Waals surface area contributed by atoms with Crippen molar-refractivity contribution in [1.29, 1.82) is 0 Å². The summed E-state index contributed by atoms with van der Waals surface area (Å²) in [4.78, 5) is 18.5. The number of aromatic nitrogens is 1. The Hall–Kier alpha value is -2.31. The zero-order valence-corrected chi connectivity index (χ0v) is 17.2. The Bertz CT molecular complexity index is 965. The van der Waals surface area contributed by atoms with Crippen molar-refractivity contribution in [3.8, 4) is 11.3 Å². The average molecular weight is 399 g/mol. The smallest absolute Gasteiger partial charge is 0.257 e. The Morgan fingerprint density at radius 2 is 1.89 bits per heavy atom. The molecular weight excluding hydrogens is 376 g/mol. The van der Waals surface area contributed by atoms with Gasteiger partial charge in [-0.05, 0) is 23.6 Å². The molecule has 0 fully saturated rings. The van der Waals surface area contributed by atoms with Gasteiger partial charge in [-0.25, -0.2) is 4.98 Å². The lowest BCUT2D eigenvalue weighted by Gasteiger charge is -2.04. The van der Waals surface area contributed by atoms with E-state index in [9.17, 15) is 9.00 Å². The number of thiazole rings is 1. The lowest BCUT2D eigenvalue weighted by molar-refractivity contribution is 0.102. The maximum atomic E-state index is 12.7. The van der Waals surface area contributed by atoms with Crippen LogP contribution in [0.3, 0.4) is 0 Å². The molecule has 1 heterocycles. The van der Waals surface area contributed by atoms with Gasteiger partial charge in [-0.1, -0.05) is 56.3 Å². The summed E-state index contributed by atoms with van der Waals surface area (Å²) in [5.74, 6) is 0.544. The zero-order valence-electron chi connectivity index (χ0n) is 15.6. The SMILES string of the molecule is CC(C)c1sc(NC(=O)c2cccc(CS(C)=O)c2)nc1-c1ccccc1. The fraction of sp³-hybridized carbons (Fsp3) is 0.238. The summed E-state index contributed by atoms with van der Waals surface area (Å²) in [5.41, 5.74) is 3.39. The van der Waals surface area contributed by atoms with Crippen LogP contribution >= 0.6 is 11.3 Å². The van der Waals surface area contributed by atoms with Gasteiger partial charge in [0, 0.05) is 38.8 Å². The van der Waals surface area contributed by atoms with Gasteiger partial charge in [0.25, 0.3) is 5.91 Å². The highest BCUT2D eigenvalue weighted by molar-refractivity contribution is 7.83. The van der Waals surface area contributed by atoms with Crippen molar-refractivity contribution in [3.63, 3.8) is 0 Å². The van der Waals surface area contributed by atoms with E-state index in [1.54, 1.807) is 18.4 Å². The number of carbonyl (C=O) groups excluding carboxylic acids is 1. The molecule has 1 N–H and O–H groups in total. The van der Waals surface area contributed by atoms with Crippen LogP contribution in [0.1, 0.15) is 40.6 Å². The Morgan fingerprint density at radius 3 is 2.56 bits per heavy atom. The van der Waals surface area contributed by atoms with Gasteiger partial charge in [-0.15, -0.1) is 11.3 Å². The highest BCUT2D eigenvalue weighted by Crippen LogP contribution is 2.36. The summed E-state index contributed by atoms with van der Waals surface area (Å²) in [7, 11) is -0.944. The third kappa shape index (κ3) is 4.90. The Labute approximate surface area is 166 Å². The van der Waals surface area contributed by atoms with Gasteiger partial charge in [-0.3, -0.25) is 14.3 Å². The van der Waals surface area contributed by atoms with Gasteiger partial charge in [0.1, 0.15) is 0 Å². The first-order valence-electron chi connectivity index (χ1n) is 8.70. The van der Waals surface area contributed by atoms with Gasteiger partial charge in [-0.2, -0.15) is 0 Å². The van der Waals surface area contributed by atoms with Crippen molar-refractivity contribution in [2.75, 3.05) is 11.6 Å². The third-order valence-electron chi connectivity index (χ3n) is 4.00. The third-order valence-corrected chi connectivity index (χ3v) is 6.02. The van der Waals surface area contributed by atoms with Crippen LogP contribution in [0.15, 0.2) is 54.6 Å². The molecule has 1 amide bonds. The highest BCUT2D eigenvalue weighted by Gasteiger charge is 2.17. The molecule has 0 saturated heterocycles. The number of amides is 1. The minimum atomic E-state index is -0.944. The lowest BCUT2D eigenvalue weighted by Crippen LogP contribution is -2.12. The van der Waals surface area contributed by atoms with Crippen LogP contribution in [0.5, 0.6) is 0 Å². The molecule has 1 unspecified atom stereocenters. The van der Waals surface area contributed by atoms with Gasteiger partial charge >= 0.3 is 0 Å². The number of benzene rings is 2. The van der Waals surface area contributed by atoms with E-state index in [4.69, 9.17) is 0 Å². The number of rotatable bonds is 6. The molecule has 1 atom stereocenters. The van der Waals surface area contributed by atoms with Crippen LogP contribution in [0.4, 0.5) is 5.13 Å². The van der Waals surface area contributed by atoms with Crippen LogP contribution < -0.4 is 5.32 Å². The minimum absolute atomic E-state index is 0.206. The summed E-state index contributed by atoms with van der Waals surface area (Å²) in [6.07, 6.45) is 1.65. The Kier molecular flexibility index (Phi) is 6.19. The molecule has 6 heteroatoms. The summed E-state index contributed by atoms with van der Waals surface area (Å²) in [6.45, 7) is 4.25. The van der Waals surface area contributed by atoms with E-state index in [0.717, 1.165) is 21.7 Å². The standard InChI is InChI=1S/C21H22N2O2S2/c1-14(2)19-18(16-9-5-4-6-10-16)22-21(26-19)23-20(24)17-11-7-8-15(12-17)13-27(3)25/h4-12,14H,13H2,1-3H3,(H,22,23,24). The fourth-order valence-electron chi connectivity index (χ4n) is 2.79. The molecule has 0 spiro atoms. The van der Waals surface area contributed by atoms with Gasteiger partial charge in [0.05, 0.1) is 5.69 Å². The van der Waals surface area contributed by atoms with Crippen molar-refractivity contribution in [3.05, 3.63) is 70.6 Å². The molecule has 0 aliphatic rings. The molecule has 2 aromatic carbocycles. The number of nitrogens with zero attached hydrogens (tertiary/aromatic N) is 1. The number of nitrogens with one attached hydrogen (secondary N) is 1. The molecule has 3 aromatic rings. The van der Waals surface area contributed by atoms with E-state index in [-0.39, 0.29) is 5.91 Å². The fourth-order valence-corrected chi connectivity index (χ4v) is 4.42. The second-order valence-electron chi connectivity index (χ2n) is 6.62. The molecule has 3 rings (SSSR count). The second-order valence-corrected chi connectivity index (χ2v) is 9.09. The van der Waals surface area contributed by atoms with E-state index in [1.807, 2.05) is 42.5 Å². The zero-order chi connectivity index (χ0) is 19.4. The predicted octanol–water partition coefficient (Wildman–Crippen LogP) is 5.06. The molecular formula is C21H22N2O2S2. The average Bonchev–Trinajstić information content (AvgIpc) is 3.06. The Balaban J connectivity index is 1.85. The molecule has 0 saturated carbocycles. The van der Waals surface area contributed by atoms with E-state index in [1.165, 1.54) is 11.3 Å². The quantitative estimate of drug-likeness (QED) is 0.631. The van der Waals surface area contributed by atoms with Crippen molar-refractivity contribution in [2.24, 2.45) is 0 Å². The molecule has 140 valence electrons. The molecule has 0 radical (unpaired) electrons. The molecule has 1 aromatic heterocycles. The van der Waals surface area contributed by atoms with Crippen LogP contribution in [-0.4, -0.2) is 21.4 Å². The number of hydrogen-bond donors (Lipinski definition) is 1. The first kappa shape index (κ1) is 19.5. The van der Waals surface area contributed by atoms with Crippen LogP contribution in [0.25, 0.3) is 11.3 Å². The van der Waals surface area contributed by atoms with E-state index in [0.29, 0.717) is 22.4 Å². The van der Waals surface area contributed by atoms with Crippen LogP contribution in [0.2, 0.25) is 0 Å². The molecule has 4 nitrogen and oxygen atoms in total. The van der Waals surface area contributed by atoms with E-state index < -0.39 is 10.8 Å². The minimum Gasteiger partial charge on any atom is -0.298 e. The first-order chi connectivity index (χ1) is 12.9. The number of hydrogen-bond acceptors (Lipinski definition) is 4. The highest BCUT2D eigenvalue weighted by atomic mass is 32.2. The maximum absolute atomic E-state index is 12.7. The number of anilines is 1. The maximum Gasteiger partial charge on any atom is 0.257 e. The monoisotopic (exact) mass is 398 g/mol. The molecule has 0 aliphatic carbocycles. The molecule has 0 aliphatic heterocycles. The first-order valence-corrected chi connectivity index (χ1v) is 11.2. The largest absolute Gasteiger partial charge is 0.298 e. The lowest BCUT2D eigenvalue weighted by atomic mass is 10.1. The van der Waals surface area contributed by atoms with Gasteiger partial charge in [0.2, 0.25) is 0 Å². The van der Waals surface area contributed by atoms with Crippen LogP contribution in [-0.2, 0) is 16.6 Å². The van der Waals surface area contributed by atoms with Gasteiger partial charge < -0.3 is 0 Å². The van der Waals surface area contributed by atoms with Crippen LogP contribution in [0, 0.1) is 0 Å². The van der Waals surface area contributed by atoms with E-state index in [2.05, 4.69) is 24.1 Å². The molecule has 27 heavy (non-hydrogen) atoms.